The molecule has 0 aliphatic carbocycles. The zero-order valence-corrected chi connectivity index (χ0v) is 17.0. The Labute approximate surface area is 172 Å². The summed E-state index contributed by atoms with van der Waals surface area (Å²) in [6.45, 7) is 6.86. The Morgan fingerprint density at radius 1 is 1.24 bits per heavy atom. The summed E-state index contributed by atoms with van der Waals surface area (Å²) in [5.74, 6) is 1.41. The number of rotatable bonds is 8. The van der Waals surface area contributed by atoms with Gasteiger partial charge in [-0.2, -0.15) is 0 Å². The first-order valence-electron chi connectivity index (χ1n) is 10.3. The molecule has 7 heteroatoms. The zero-order valence-electron chi connectivity index (χ0n) is 17.0. The Kier molecular flexibility index (Phi) is 8.25. The summed E-state index contributed by atoms with van der Waals surface area (Å²) < 4.78 is 18.7. The average molecular weight is 400 g/mol. The van der Waals surface area contributed by atoms with Crippen molar-refractivity contribution in [3.63, 3.8) is 0 Å². The largest absolute Gasteiger partial charge is 0.490 e. The van der Waals surface area contributed by atoms with E-state index < -0.39 is 0 Å². The molecule has 0 saturated carbocycles. The van der Waals surface area contributed by atoms with Gasteiger partial charge in [-0.3, -0.25) is 9.88 Å². The molecule has 3 rings (SSSR count). The number of aromatic nitrogens is 1. The van der Waals surface area contributed by atoms with Gasteiger partial charge in [0, 0.05) is 38.4 Å². The van der Waals surface area contributed by atoms with E-state index in [2.05, 4.69) is 32.4 Å². The number of ether oxygens (including phenoxy) is 1. The monoisotopic (exact) mass is 399 g/mol. The summed E-state index contributed by atoms with van der Waals surface area (Å²) >= 11 is 0. The van der Waals surface area contributed by atoms with Gasteiger partial charge in [0.25, 0.3) is 0 Å². The molecule has 0 unspecified atom stereocenters. The lowest BCUT2D eigenvalue weighted by Gasteiger charge is -2.33. The molecule has 1 aliphatic rings. The van der Waals surface area contributed by atoms with Crippen LogP contribution in [-0.2, 0) is 6.54 Å². The van der Waals surface area contributed by atoms with Crippen molar-refractivity contribution in [1.82, 2.24) is 20.5 Å². The number of aliphatic imine (C=N–C) groups is 1. The van der Waals surface area contributed by atoms with Crippen molar-refractivity contribution in [1.29, 1.82) is 0 Å². The summed E-state index contributed by atoms with van der Waals surface area (Å²) in [6, 6.07) is 10.9. The maximum Gasteiger partial charge on any atom is 0.191 e. The highest BCUT2D eigenvalue weighted by Gasteiger charge is 2.20. The molecule has 2 aromatic rings. The number of pyridine rings is 1. The van der Waals surface area contributed by atoms with Gasteiger partial charge >= 0.3 is 0 Å². The van der Waals surface area contributed by atoms with Gasteiger partial charge in [0.05, 0.1) is 12.7 Å². The van der Waals surface area contributed by atoms with E-state index in [-0.39, 0.29) is 5.82 Å². The van der Waals surface area contributed by atoms with Crippen LogP contribution in [0.3, 0.4) is 0 Å². The molecule has 6 nitrogen and oxygen atoms in total. The number of halogens is 1. The molecule has 0 atom stereocenters. The summed E-state index contributed by atoms with van der Waals surface area (Å²) in [5, 5.41) is 6.85. The SMILES string of the molecule is CCNC(=NCCOc1cccnc1)NC1CCN(Cc2ccc(F)cc2)CC1. The maximum atomic E-state index is 13.0. The van der Waals surface area contributed by atoms with Gasteiger partial charge in [0.15, 0.2) is 5.96 Å². The molecule has 0 radical (unpaired) electrons. The van der Waals surface area contributed by atoms with Crippen molar-refractivity contribution in [3.8, 4) is 5.75 Å². The fourth-order valence-electron chi connectivity index (χ4n) is 3.35. The Morgan fingerprint density at radius 2 is 2.03 bits per heavy atom. The molecule has 0 spiro atoms. The Bertz CT molecular complexity index is 746. The molecule has 1 saturated heterocycles. The minimum atomic E-state index is -0.183. The van der Waals surface area contributed by atoms with Crippen molar-refractivity contribution in [2.75, 3.05) is 32.8 Å². The lowest BCUT2D eigenvalue weighted by atomic mass is 10.0. The third-order valence-electron chi connectivity index (χ3n) is 4.86. The van der Waals surface area contributed by atoms with Crippen molar-refractivity contribution in [2.24, 2.45) is 4.99 Å². The molecule has 1 aliphatic heterocycles. The van der Waals surface area contributed by atoms with Crippen LogP contribution in [0.25, 0.3) is 0 Å². The van der Waals surface area contributed by atoms with Crippen LogP contribution < -0.4 is 15.4 Å². The topological polar surface area (TPSA) is 61.8 Å². The van der Waals surface area contributed by atoms with Crippen LogP contribution in [0.2, 0.25) is 0 Å². The van der Waals surface area contributed by atoms with E-state index in [9.17, 15) is 4.39 Å². The van der Waals surface area contributed by atoms with Crippen molar-refractivity contribution < 1.29 is 9.13 Å². The van der Waals surface area contributed by atoms with Crippen LogP contribution in [0.15, 0.2) is 53.8 Å². The van der Waals surface area contributed by atoms with Crippen LogP contribution in [0.5, 0.6) is 5.75 Å². The molecule has 2 heterocycles. The molecule has 2 N–H and O–H groups in total. The van der Waals surface area contributed by atoms with Gasteiger partial charge in [-0.15, -0.1) is 0 Å². The van der Waals surface area contributed by atoms with Crippen molar-refractivity contribution in [3.05, 3.63) is 60.2 Å². The molecule has 1 aromatic heterocycles. The minimum absolute atomic E-state index is 0.183. The number of nitrogens with zero attached hydrogens (tertiary/aromatic N) is 3. The highest BCUT2D eigenvalue weighted by atomic mass is 19.1. The predicted octanol–water partition coefficient (Wildman–Crippen LogP) is 2.82. The summed E-state index contributed by atoms with van der Waals surface area (Å²) in [7, 11) is 0. The molecule has 156 valence electrons. The molecule has 1 fully saturated rings. The number of benzene rings is 1. The third-order valence-corrected chi connectivity index (χ3v) is 4.86. The van der Waals surface area contributed by atoms with Crippen molar-refractivity contribution >= 4 is 5.96 Å². The van der Waals surface area contributed by atoms with Gasteiger partial charge in [0.1, 0.15) is 18.2 Å². The maximum absolute atomic E-state index is 13.0. The molecular weight excluding hydrogens is 369 g/mol. The van der Waals surface area contributed by atoms with Gasteiger partial charge in [-0.25, -0.2) is 9.38 Å². The molecule has 0 amide bonds. The van der Waals surface area contributed by atoms with Crippen LogP contribution in [0.1, 0.15) is 25.3 Å². The van der Waals surface area contributed by atoms with Crippen LogP contribution in [0.4, 0.5) is 4.39 Å². The number of hydrogen-bond acceptors (Lipinski definition) is 4. The zero-order chi connectivity index (χ0) is 20.3. The lowest BCUT2D eigenvalue weighted by Crippen LogP contribution is -2.48. The van der Waals surface area contributed by atoms with E-state index in [4.69, 9.17) is 4.74 Å². The second-order valence-corrected chi connectivity index (χ2v) is 7.12. The number of hydrogen-bond donors (Lipinski definition) is 2. The molecule has 1 aromatic carbocycles. The smallest absolute Gasteiger partial charge is 0.191 e. The van der Waals surface area contributed by atoms with E-state index in [1.165, 1.54) is 12.1 Å². The quantitative estimate of drug-likeness (QED) is 0.406. The first kappa shape index (κ1) is 21.0. The minimum Gasteiger partial charge on any atom is -0.490 e. The number of guanidine groups is 1. The predicted molar refractivity (Wildman–Crippen MR) is 114 cm³/mol. The van der Waals surface area contributed by atoms with Crippen LogP contribution >= 0.6 is 0 Å². The summed E-state index contributed by atoms with van der Waals surface area (Å²) in [5.41, 5.74) is 1.15. The second kappa shape index (κ2) is 11.4. The number of likely N-dealkylation sites (tertiary alicyclic amines) is 1. The van der Waals surface area contributed by atoms with Gasteiger partial charge in [0.2, 0.25) is 0 Å². The van der Waals surface area contributed by atoms with E-state index in [0.29, 0.717) is 19.2 Å². The second-order valence-electron chi connectivity index (χ2n) is 7.12. The number of nitrogens with one attached hydrogen (secondary N) is 2. The summed E-state index contributed by atoms with van der Waals surface area (Å²) in [6.07, 6.45) is 5.53. The Balaban J connectivity index is 1.40. The van der Waals surface area contributed by atoms with Crippen LogP contribution in [0, 0.1) is 5.82 Å². The van der Waals surface area contributed by atoms with E-state index in [1.807, 2.05) is 24.3 Å². The third kappa shape index (κ3) is 7.34. The van der Waals surface area contributed by atoms with E-state index in [0.717, 1.165) is 56.3 Å². The fourth-order valence-corrected chi connectivity index (χ4v) is 3.35. The molecular formula is C22H30FN5O. The summed E-state index contributed by atoms with van der Waals surface area (Å²) in [4.78, 5) is 11.1. The molecule has 29 heavy (non-hydrogen) atoms. The Hall–Kier alpha value is -2.67. The van der Waals surface area contributed by atoms with E-state index in [1.54, 1.807) is 12.4 Å². The van der Waals surface area contributed by atoms with Gasteiger partial charge in [-0.05, 0) is 49.6 Å². The average Bonchev–Trinajstić information content (AvgIpc) is 2.75. The highest BCUT2D eigenvalue weighted by molar-refractivity contribution is 5.80. The van der Waals surface area contributed by atoms with Crippen LogP contribution in [-0.4, -0.2) is 54.7 Å². The van der Waals surface area contributed by atoms with Gasteiger partial charge < -0.3 is 15.4 Å². The first-order valence-corrected chi connectivity index (χ1v) is 10.3. The van der Waals surface area contributed by atoms with Crippen molar-refractivity contribution in [2.45, 2.75) is 32.4 Å². The highest BCUT2D eigenvalue weighted by Crippen LogP contribution is 2.14. The normalized spacial score (nSPS) is 15.9. The molecule has 0 bridgehead atoms. The Morgan fingerprint density at radius 3 is 2.72 bits per heavy atom. The van der Waals surface area contributed by atoms with Gasteiger partial charge in [-0.1, -0.05) is 12.1 Å². The lowest BCUT2D eigenvalue weighted by molar-refractivity contribution is 0.198. The standard InChI is InChI=1S/C22H30FN5O/c1-2-25-22(26-12-15-29-21-4-3-11-24-16-21)27-20-9-13-28(14-10-20)17-18-5-7-19(23)8-6-18/h3-8,11,16,20H,2,9-10,12-15,17H2,1H3,(H2,25,26,27). The number of piperidine rings is 1. The van der Waals surface area contributed by atoms with E-state index >= 15 is 0 Å². The fraction of sp³-hybridized carbons (Fsp3) is 0.455. The first-order chi connectivity index (χ1) is 14.2.